The standard InChI is InChI=1S/C19H21FN2O2S/c1-12-16(17-7-15(20)2-3-18(17)22-12)8-19(24)21-9-14(10-23)6-13-4-5-25-11-13/h2-5,7,11,14,22-23H,6,8-10H2,1H3,(H,21,24)/t14-/m1/s1. The Morgan fingerprint density at radius 2 is 2.24 bits per heavy atom. The quantitative estimate of drug-likeness (QED) is 0.606. The Balaban J connectivity index is 1.62. The average molecular weight is 360 g/mol. The predicted octanol–water partition coefficient (Wildman–Crippen LogP) is 3.19. The number of thiophene rings is 1. The van der Waals surface area contributed by atoms with Crippen molar-refractivity contribution in [2.24, 2.45) is 5.92 Å². The van der Waals surface area contributed by atoms with Gasteiger partial charge in [0.1, 0.15) is 5.82 Å². The van der Waals surface area contributed by atoms with Gasteiger partial charge in [0.05, 0.1) is 6.42 Å². The van der Waals surface area contributed by atoms with Gasteiger partial charge in [0.2, 0.25) is 5.91 Å². The summed E-state index contributed by atoms with van der Waals surface area (Å²) in [4.78, 5) is 15.5. The molecule has 2 heterocycles. The summed E-state index contributed by atoms with van der Waals surface area (Å²) in [7, 11) is 0. The molecule has 1 amide bonds. The zero-order valence-electron chi connectivity index (χ0n) is 14.0. The van der Waals surface area contributed by atoms with Crippen LogP contribution in [0, 0.1) is 18.7 Å². The molecule has 4 nitrogen and oxygen atoms in total. The molecule has 1 aromatic carbocycles. The number of amides is 1. The predicted molar refractivity (Wildman–Crippen MR) is 98.3 cm³/mol. The van der Waals surface area contributed by atoms with Crippen LogP contribution in [0.15, 0.2) is 35.0 Å². The van der Waals surface area contributed by atoms with Crippen molar-refractivity contribution in [2.45, 2.75) is 19.8 Å². The van der Waals surface area contributed by atoms with E-state index in [0.29, 0.717) is 6.54 Å². The molecule has 132 valence electrons. The van der Waals surface area contributed by atoms with E-state index in [4.69, 9.17) is 0 Å². The van der Waals surface area contributed by atoms with Crippen molar-refractivity contribution in [1.82, 2.24) is 10.3 Å². The molecule has 0 aliphatic heterocycles. The van der Waals surface area contributed by atoms with Crippen LogP contribution >= 0.6 is 11.3 Å². The van der Waals surface area contributed by atoms with Gasteiger partial charge in [-0.25, -0.2) is 4.39 Å². The Morgan fingerprint density at radius 3 is 2.96 bits per heavy atom. The molecule has 25 heavy (non-hydrogen) atoms. The third kappa shape index (κ3) is 4.27. The number of rotatable bonds is 7. The van der Waals surface area contributed by atoms with Gasteiger partial charge in [0.15, 0.2) is 0 Å². The van der Waals surface area contributed by atoms with Gasteiger partial charge in [0, 0.05) is 35.7 Å². The molecule has 6 heteroatoms. The number of carbonyl (C=O) groups excluding carboxylic acids is 1. The van der Waals surface area contributed by atoms with Crippen molar-refractivity contribution in [1.29, 1.82) is 0 Å². The smallest absolute Gasteiger partial charge is 0.224 e. The summed E-state index contributed by atoms with van der Waals surface area (Å²) in [6.07, 6.45) is 0.920. The first-order chi connectivity index (χ1) is 12.1. The normalized spacial score (nSPS) is 12.4. The summed E-state index contributed by atoms with van der Waals surface area (Å²) in [6, 6.07) is 6.56. The number of nitrogens with one attached hydrogen (secondary N) is 2. The van der Waals surface area contributed by atoms with E-state index in [2.05, 4.69) is 10.3 Å². The summed E-state index contributed by atoms with van der Waals surface area (Å²) < 4.78 is 13.5. The fourth-order valence-electron chi connectivity index (χ4n) is 3.01. The number of aliphatic hydroxyl groups is 1. The minimum absolute atomic E-state index is 0.0138. The van der Waals surface area contributed by atoms with Gasteiger partial charge in [-0.05, 0) is 59.5 Å². The van der Waals surface area contributed by atoms with Gasteiger partial charge in [-0.1, -0.05) is 0 Å². The van der Waals surface area contributed by atoms with Gasteiger partial charge in [0.25, 0.3) is 0 Å². The number of H-pyrrole nitrogens is 1. The second kappa shape index (κ2) is 7.80. The maximum atomic E-state index is 13.5. The van der Waals surface area contributed by atoms with Crippen LogP contribution in [0.2, 0.25) is 0 Å². The molecular formula is C19H21FN2O2S. The number of benzene rings is 1. The van der Waals surface area contributed by atoms with E-state index in [0.717, 1.165) is 28.6 Å². The molecule has 0 unspecified atom stereocenters. The van der Waals surface area contributed by atoms with Crippen molar-refractivity contribution in [3.8, 4) is 0 Å². The molecule has 0 aliphatic carbocycles. The number of aryl methyl sites for hydroxylation is 1. The van der Waals surface area contributed by atoms with Gasteiger partial charge in [-0.3, -0.25) is 4.79 Å². The highest BCUT2D eigenvalue weighted by atomic mass is 32.1. The number of fused-ring (bicyclic) bond motifs is 1. The van der Waals surface area contributed by atoms with Gasteiger partial charge >= 0.3 is 0 Å². The molecule has 0 fully saturated rings. The highest BCUT2D eigenvalue weighted by molar-refractivity contribution is 7.07. The SMILES string of the molecule is Cc1[nH]c2ccc(F)cc2c1CC(=O)NC[C@H](CO)Cc1ccsc1. The Morgan fingerprint density at radius 1 is 1.40 bits per heavy atom. The van der Waals surface area contributed by atoms with Crippen molar-refractivity contribution in [3.05, 3.63) is 57.7 Å². The molecule has 0 spiro atoms. The Hall–Kier alpha value is -2.18. The summed E-state index contributed by atoms with van der Waals surface area (Å²) >= 11 is 1.62. The zero-order valence-corrected chi connectivity index (χ0v) is 14.8. The van der Waals surface area contributed by atoms with Crippen LogP contribution in [0.25, 0.3) is 10.9 Å². The molecule has 0 saturated carbocycles. The number of aromatic amines is 1. The van der Waals surface area contributed by atoms with Crippen molar-refractivity contribution in [3.63, 3.8) is 0 Å². The molecule has 2 aromatic heterocycles. The lowest BCUT2D eigenvalue weighted by atomic mass is 10.0. The van der Waals surface area contributed by atoms with E-state index in [1.165, 1.54) is 17.7 Å². The highest BCUT2D eigenvalue weighted by Gasteiger charge is 2.15. The van der Waals surface area contributed by atoms with Gasteiger partial charge in [-0.15, -0.1) is 0 Å². The van der Waals surface area contributed by atoms with Crippen LogP contribution < -0.4 is 5.32 Å². The number of hydrogen-bond acceptors (Lipinski definition) is 3. The summed E-state index contributed by atoms with van der Waals surface area (Å²) in [5.41, 5.74) is 3.67. The number of hydrogen-bond donors (Lipinski definition) is 3. The molecule has 0 saturated heterocycles. The van der Waals surface area contributed by atoms with E-state index < -0.39 is 0 Å². The minimum Gasteiger partial charge on any atom is -0.396 e. The third-order valence-corrected chi connectivity index (χ3v) is 5.10. The van der Waals surface area contributed by atoms with Crippen molar-refractivity contribution < 1.29 is 14.3 Å². The topological polar surface area (TPSA) is 65.1 Å². The Bertz CT molecular complexity index is 858. The van der Waals surface area contributed by atoms with Crippen LogP contribution in [-0.4, -0.2) is 29.1 Å². The first kappa shape index (κ1) is 17.6. The van der Waals surface area contributed by atoms with Crippen molar-refractivity contribution in [2.75, 3.05) is 13.2 Å². The number of halogens is 1. The Labute approximate surface area is 149 Å². The molecule has 1 atom stereocenters. The summed E-state index contributed by atoms with van der Waals surface area (Å²) in [5.74, 6) is -0.457. The number of aromatic nitrogens is 1. The van der Waals surface area contributed by atoms with Crippen LogP contribution in [0.5, 0.6) is 0 Å². The lowest BCUT2D eigenvalue weighted by Gasteiger charge is -2.14. The molecule has 3 aromatic rings. The lowest BCUT2D eigenvalue weighted by molar-refractivity contribution is -0.120. The maximum absolute atomic E-state index is 13.5. The van der Waals surface area contributed by atoms with Crippen molar-refractivity contribution >= 4 is 28.1 Å². The fraction of sp³-hybridized carbons (Fsp3) is 0.316. The highest BCUT2D eigenvalue weighted by Crippen LogP contribution is 2.23. The van der Waals surface area contributed by atoms with Crippen LogP contribution in [-0.2, 0) is 17.6 Å². The molecule has 0 bridgehead atoms. The van der Waals surface area contributed by atoms with E-state index in [1.807, 2.05) is 23.8 Å². The fourth-order valence-corrected chi connectivity index (χ4v) is 3.69. The molecule has 0 radical (unpaired) electrons. The third-order valence-electron chi connectivity index (χ3n) is 4.37. The van der Waals surface area contributed by atoms with Gasteiger partial charge in [-0.2, -0.15) is 11.3 Å². The van der Waals surface area contributed by atoms with Gasteiger partial charge < -0.3 is 15.4 Å². The zero-order chi connectivity index (χ0) is 17.8. The largest absolute Gasteiger partial charge is 0.396 e. The summed E-state index contributed by atoms with van der Waals surface area (Å²) in [5, 5.41) is 17.2. The molecular weight excluding hydrogens is 339 g/mol. The Kier molecular flexibility index (Phi) is 5.50. The monoisotopic (exact) mass is 360 g/mol. The molecule has 0 aliphatic rings. The number of carbonyl (C=O) groups is 1. The lowest BCUT2D eigenvalue weighted by Crippen LogP contribution is -2.32. The summed E-state index contributed by atoms with van der Waals surface area (Å²) in [6.45, 7) is 2.32. The number of aliphatic hydroxyl groups excluding tert-OH is 1. The maximum Gasteiger partial charge on any atom is 0.224 e. The van der Waals surface area contributed by atoms with Crippen LogP contribution in [0.3, 0.4) is 0 Å². The van der Waals surface area contributed by atoms with E-state index >= 15 is 0 Å². The second-order valence-electron chi connectivity index (χ2n) is 6.28. The van der Waals surface area contributed by atoms with Crippen LogP contribution in [0.4, 0.5) is 4.39 Å². The van der Waals surface area contributed by atoms with E-state index in [1.54, 1.807) is 17.4 Å². The first-order valence-corrected chi connectivity index (χ1v) is 9.16. The van der Waals surface area contributed by atoms with E-state index in [9.17, 15) is 14.3 Å². The molecule has 3 N–H and O–H groups in total. The second-order valence-corrected chi connectivity index (χ2v) is 7.06. The first-order valence-electron chi connectivity index (χ1n) is 8.22. The van der Waals surface area contributed by atoms with Crippen LogP contribution in [0.1, 0.15) is 16.8 Å². The van der Waals surface area contributed by atoms with E-state index in [-0.39, 0.29) is 30.7 Å². The average Bonchev–Trinajstić information content (AvgIpc) is 3.20. The molecule has 3 rings (SSSR count). The minimum atomic E-state index is -0.315.